The fourth-order valence-corrected chi connectivity index (χ4v) is 5.88. The van der Waals surface area contributed by atoms with Gasteiger partial charge in [-0.2, -0.15) is 0 Å². The number of alkyl carbamates (subject to hydrolysis) is 1. The van der Waals surface area contributed by atoms with Crippen molar-refractivity contribution in [2.45, 2.75) is 75.8 Å². The van der Waals surface area contributed by atoms with Crippen molar-refractivity contribution in [2.24, 2.45) is 0 Å². The Bertz CT molecular complexity index is 1250. The number of carbonyl (C=O) groups is 2. The van der Waals surface area contributed by atoms with Gasteiger partial charge in [0.2, 0.25) is 0 Å². The number of hydrogen-bond acceptors (Lipinski definition) is 7. The van der Waals surface area contributed by atoms with Crippen LogP contribution in [0.5, 0.6) is 11.5 Å². The molecule has 8 heteroatoms. The molecule has 39 heavy (non-hydrogen) atoms. The molecule has 0 aromatic heterocycles. The summed E-state index contributed by atoms with van der Waals surface area (Å²) in [6.07, 6.45) is 4.51. The Hall–Kier alpha value is -3.52. The molecule has 0 saturated heterocycles. The number of carbonyl (C=O) groups excluding carboxylic acids is 2. The number of nitrogens with zero attached hydrogens (tertiary/aromatic N) is 1. The SMILES string of the molecule is COc1ccc2c3c1O[C@H]1C[C@H](OC(=O)[C@H](Cc4ccccc4)NC(=O)OC(C)(C)C)C=C[C@@]31CCN(C)C2. The minimum Gasteiger partial charge on any atom is -0.493 e. The Balaban J connectivity index is 1.36. The van der Waals surface area contributed by atoms with E-state index in [-0.39, 0.29) is 17.9 Å². The number of rotatable bonds is 6. The molecule has 0 radical (unpaired) electrons. The molecule has 2 aromatic carbocycles. The van der Waals surface area contributed by atoms with Crippen LogP contribution in [-0.4, -0.2) is 61.5 Å². The predicted molar refractivity (Wildman–Crippen MR) is 147 cm³/mol. The second kappa shape index (κ2) is 10.6. The van der Waals surface area contributed by atoms with Gasteiger partial charge in [-0.05, 0) is 64.1 Å². The van der Waals surface area contributed by atoms with Gasteiger partial charge in [0, 0.05) is 24.9 Å². The van der Waals surface area contributed by atoms with Crippen LogP contribution in [0.2, 0.25) is 0 Å². The quantitative estimate of drug-likeness (QED) is 0.430. The molecule has 1 aliphatic carbocycles. The Kier molecular flexibility index (Phi) is 7.33. The third kappa shape index (κ3) is 5.62. The minimum atomic E-state index is -0.897. The van der Waals surface area contributed by atoms with Gasteiger partial charge in [-0.3, -0.25) is 0 Å². The summed E-state index contributed by atoms with van der Waals surface area (Å²) in [6, 6.07) is 12.7. The van der Waals surface area contributed by atoms with Crippen LogP contribution in [0.4, 0.5) is 4.79 Å². The summed E-state index contributed by atoms with van der Waals surface area (Å²) in [5.41, 5.74) is 2.34. The van der Waals surface area contributed by atoms with Crippen molar-refractivity contribution < 1.29 is 28.5 Å². The lowest BCUT2D eigenvalue weighted by Gasteiger charge is -2.37. The van der Waals surface area contributed by atoms with Gasteiger partial charge in [-0.25, -0.2) is 9.59 Å². The average molecular weight is 535 g/mol. The van der Waals surface area contributed by atoms with Crippen molar-refractivity contribution in [3.63, 3.8) is 0 Å². The highest BCUT2D eigenvalue weighted by Gasteiger charge is 2.53. The molecule has 1 amide bonds. The van der Waals surface area contributed by atoms with Gasteiger partial charge >= 0.3 is 12.1 Å². The van der Waals surface area contributed by atoms with Crippen LogP contribution in [0.1, 0.15) is 50.3 Å². The van der Waals surface area contributed by atoms with Crippen LogP contribution in [0, 0.1) is 0 Å². The lowest BCUT2D eigenvalue weighted by molar-refractivity contribution is -0.151. The zero-order valence-corrected chi connectivity index (χ0v) is 23.4. The molecule has 2 aliphatic heterocycles. The van der Waals surface area contributed by atoms with E-state index in [2.05, 4.69) is 29.4 Å². The molecule has 3 aliphatic rings. The van der Waals surface area contributed by atoms with E-state index in [4.69, 9.17) is 18.9 Å². The number of esters is 1. The van der Waals surface area contributed by atoms with Crippen LogP contribution < -0.4 is 14.8 Å². The van der Waals surface area contributed by atoms with Crippen molar-refractivity contribution in [2.75, 3.05) is 20.7 Å². The molecule has 8 nitrogen and oxygen atoms in total. The van der Waals surface area contributed by atoms with Crippen LogP contribution in [0.25, 0.3) is 0 Å². The van der Waals surface area contributed by atoms with E-state index < -0.39 is 29.8 Å². The van der Waals surface area contributed by atoms with Crippen LogP contribution in [-0.2, 0) is 32.6 Å². The summed E-state index contributed by atoms with van der Waals surface area (Å²) in [7, 11) is 3.79. The summed E-state index contributed by atoms with van der Waals surface area (Å²) in [5.74, 6) is 1.00. The minimum absolute atomic E-state index is 0.191. The summed E-state index contributed by atoms with van der Waals surface area (Å²) in [4.78, 5) is 28.3. The summed E-state index contributed by atoms with van der Waals surface area (Å²) < 4.78 is 23.6. The van der Waals surface area contributed by atoms with E-state index in [0.29, 0.717) is 6.42 Å². The van der Waals surface area contributed by atoms with Crippen LogP contribution in [0.3, 0.4) is 0 Å². The monoisotopic (exact) mass is 534 g/mol. The highest BCUT2D eigenvalue weighted by molar-refractivity contribution is 5.82. The van der Waals surface area contributed by atoms with Crippen LogP contribution >= 0.6 is 0 Å². The first-order chi connectivity index (χ1) is 18.6. The van der Waals surface area contributed by atoms with E-state index in [1.165, 1.54) is 11.1 Å². The average Bonchev–Trinajstić information content (AvgIpc) is 3.14. The van der Waals surface area contributed by atoms with E-state index in [9.17, 15) is 9.59 Å². The van der Waals surface area contributed by atoms with E-state index >= 15 is 0 Å². The van der Waals surface area contributed by atoms with Gasteiger partial charge < -0.3 is 29.2 Å². The van der Waals surface area contributed by atoms with Crippen LogP contribution in [0.15, 0.2) is 54.6 Å². The fraction of sp³-hybridized carbons (Fsp3) is 0.484. The molecule has 208 valence electrons. The van der Waals surface area contributed by atoms with Crippen molar-refractivity contribution in [1.29, 1.82) is 0 Å². The Morgan fingerprint density at radius 3 is 2.67 bits per heavy atom. The summed E-state index contributed by atoms with van der Waals surface area (Å²) in [5, 5.41) is 2.72. The Morgan fingerprint density at radius 2 is 1.95 bits per heavy atom. The molecule has 0 saturated carbocycles. The van der Waals surface area contributed by atoms with Gasteiger partial charge in [0.1, 0.15) is 23.9 Å². The summed E-state index contributed by atoms with van der Waals surface area (Å²) in [6.45, 7) is 7.11. The second-order valence-corrected chi connectivity index (χ2v) is 11.7. The molecule has 1 N–H and O–H groups in total. The molecule has 4 atom stereocenters. The molecular formula is C31H38N2O6. The normalized spacial score (nSPS) is 24.4. The number of nitrogens with one attached hydrogen (secondary N) is 1. The number of ether oxygens (including phenoxy) is 4. The maximum absolute atomic E-state index is 13.4. The van der Waals surface area contributed by atoms with Gasteiger partial charge in [-0.1, -0.05) is 42.5 Å². The predicted octanol–water partition coefficient (Wildman–Crippen LogP) is 4.54. The molecule has 0 unspecified atom stereocenters. The van der Waals surface area contributed by atoms with Crippen molar-refractivity contribution in [3.8, 4) is 11.5 Å². The first-order valence-electron chi connectivity index (χ1n) is 13.6. The fourth-order valence-electron chi connectivity index (χ4n) is 5.88. The Labute approximate surface area is 230 Å². The third-order valence-electron chi connectivity index (χ3n) is 7.66. The van der Waals surface area contributed by atoms with Gasteiger partial charge in [0.25, 0.3) is 0 Å². The number of methoxy groups -OCH3 is 1. The number of benzene rings is 2. The van der Waals surface area contributed by atoms with Gasteiger partial charge in [0.15, 0.2) is 11.5 Å². The van der Waals surface area contributed by atoms with E-state index in [1.807, 2.05) is 42.5 Å². The smallest absolute Gasteiger partial charge is 0.408 e. The standard InChI is InChI=1S/C31H38N2O6/c1-30(2,3)39-29(35)32-23(17-20-9-7-6-8-10-20)28(34)37-22-13-14-31-15-16-33(4)19-21-11-12-24(36-5)27(26(21)31)38-25(31)18-22/h6-14,22-23,25H,15-19H2,1-5H3,(H,32,35)/t22-,23+,25+,31+/m1/s1. The number of hydrogen-bond donors (Lipinski definition) is 1. The molecule has 2 aromatic rings. The lowest BCUT2D eigenvalue weighted by Crippen LogP contribution is -2.48. The maximum atomic E-state index is 13.4. The highest BCUT2D eigenvalue weighted by atomic mass is 16.6. The third-order valence-corrected chi connectivity index (χ3v) is 7.66. The van der Waals surface area contributed by atoms with Crippen molar-refractivity contribution in [1.82, 2.24) is 10.2 Å². The van der Waals surface area contributed by atoms with Crippen molar-refractivity contribution >= 4 is 12.1 Å². The molecule has 2 heterocycles. The largest absolute Gasteiger partial charge is 0.493 e. The Morgan fingerprint density at radius 1 is 1.18 bits per heavy atom. The molecule has 5 rings (SSSR count). The lowest BCUT2D eigenvalue weighted by atomic mass is 9.69. The molecule has 0 bridgehead atoms. The van der Waals surface area contributed by atoms with Crippen molar-refractivity contribution in [3.05, 3.63) is 71.3 Å². The maximum Gasteiger partial charge on any atom is 0.408 e. The molecule has 1 spiro atoms. The topological polar surface area (TPSA) is 86.3 Å². The zero-order chi connectivity index (χ0) is 27.8. The van der Waals surface area contributed by atoms with Gasteiger partial charge in [-0.15, -0.1) is 0 Å². The zero-order valence-electron chi connectivity index (χ0n) is 23.4. The molecule has 0 fully saturated rings. The first kappa shape index (κ1) is 27.1. The summed E-state index contributed by atoms with van der Waals surface area (Å²) >= 11 is 0. The van der Waals surface area contributed by atoms with E-state index in [0.717, 1.165) is 36.6 Å². The highest BCUT2D eigenvalue weighted by Crippen LogP contribution is 2.55. The first-order valence-corrected chi connectivity index (χ1v) is 13.6. The molecular weight excluding hydrogens is 496 g/mol. The van der Waals surface area contributed by atoms with E-state index in [1.54, 1.807) is 27.9 Å². The number of amides is 1. The second-order valence-electron chi connectivity index (χ2n) is 11.7. The van der Waals surface area contributed by atoms with Gasteiger partial charge in [0.05, 0.1) is 12.5 Å².